The van der Waals surface area contributed by atoms with Crippen molar-refractivity contribution in [1.29, 1.82) is 0 Å². The van der Waals surface area contributed by atoms with E-state index in [1.54, 1.807) is 0 Å². The molecule has 9 aliphatic carbocycles. The summed E-state index contributed by atoms with van der Waals surface area (Å²) in [7, 11) is 0. The zero-order valence-corrected chi connectivity index (χ0v) is 32.7. The van der Waals surface area contributed by atoms with Crippen molar-refractivity contribution in [1.82, 2.24) is 24.9 Å². The van der Waals surface area contributed by atoms with Crippen LogP contribution in [0.25, 0.3) is 55.4 Å². The molecule has 0 saturated heterocycles. The van der Waals surface area contributed by atoms with Gasteiger partial charge in [-0.15, -0.1) is 0 Å². The fraction of sp³-hybridized carbons (Fsp3) is 0.400. The van der Waals surface area contributed by atoms with E-state index in [1.165, 1.54) is 127 Å². The predicted molar refractivity (Wildman–Crippen MR) is 228 cm³/mol. The fourth-order valence-corrected chi connectivity index (χ4v) is 12.5. The molecule has 0 amide bonds. The van der Waals surface area contributed by atoms with E-state index in [9.17, 15) is 0 Å². The van der Waals surface area contributed by atoms with Gasteiger partial charge in [-0.3, -0.25) is 0 Å². The van der Waals surface area contributed by atoms with Gasteiger partial charge in [-0.2, -0.15) is 0 Å². The smallest absolute Gasteiger partial charge is 0.0910 e. The van der Waals surface area contributed by atoms with Crippen LogP contribution in [0, 0.1) is 11.8 Å². The van der Waals surface area contributed by atoms with Gasteiger partial charge in [-0.25, -0.2) is 9.97 Å². The lowest BCUT2D eigenvalue weighted by atomic mass is 9.70. The van der Waals surface area contributed by atoms with Crippen LogP contribution in [0.1, 0.15) is 159 Å². The molecule has 11 aliphatic rings. The maximum Gasteiger partial charge on any atom is 0.0910 e. The lowest BCUT2D eigenvalue weighted by molar-refractivity contribution is 0.558. The van der Waals surface area contributed by atoms with E-state index in [4.69, 9.17) is 9.97 Å². The van der Waals surface area contributed by atoms with Crippen molar-refractivity contribution in [3.05, 3.63) is 117 Å². The molecular weight excluding hydrogens is 671 g/mol. The Kier molecular flexibility index (Phi) is 6.94. The van der Waals surface area contributed by atoms with Gasteiger partial charge in [0.2, 0.25) is 0 Å². The molecule has 6 atom stereocenters. The maximum atomic E-state index is 5.62. The Morgan fingerprint density at radius 1 is 0.436 bits per heavy atom. The molecule has 3 N–H and O–H groups in total. The van der Waals surface area contributed by atoms with Crippen molar-refractivity contribution in [3.8, 4) is 0 Å². The number of aryl methyl sites for hydroxylation is 2. The highest BCUT2D eigenvalue weighted by Gasteiger charge is 2.39. The SMILES string of the molecule is CCC1=C(CC)c2nc1cc1nc(cc3[nH]c(cc4[nH]c(cc5[nH]c2c(CC)c5CC)c2c4C4C=CC2CC4)c2c3C3C=CC2CC3)C2=C1C1C=CC2CC1. The third-order valence-corrected chi connectivity index (χ3v) is 14.9. The summed E-state index contributed by atoms with van der Waals surface area (Å²) in [5, 5.41) is 0. The lowest BCUT2D eigenvalue weighted by Gasteiger charge is -2.33. The van der Waals surface area contributed by atoms with Gasteiger partial charge in [0, 0.05) is 63.1 Å². The summed E-state index contributed by atoms with van der Waals surface area (Å²) >= 11 is 0. The predicted octanol–water partition coefficient (Wildman–Crippen LogP) is 12.8. The molecule has 4 aromatic rings. The van der Waals surface area contributed by atoms with Crippen LogP contribution in [0.3, 0.4) is 0 Å². The van der Waals surface area contributed by atoms with Crippen LogP contribution >= 0.6 is 0 Å². The summed E-state index contributed by atoms with van der Waals surface area (Å²) in [6, 6.07) is 9.76. The summed E-state index contributed by atoms with van der Waals surface area (Å²) < 4.78 is 0. The van der Waals surface area contributed by atoms with Gasteiger partial charge >= 0.3 is 0 Å². The molecule has 55 heavy (non-hydrogen) atoms. The Hall–Kier alpha value is -4.90. The number of rotatable bonds is 4. The number of aromatic nitrogens is 5. The number of fused-ring (bicyclic) bond motifs is 14. The summed E-state index contributed by atoms with van der Waals surface area (Å²) in [4.78, 5) is 23.5. The quantitative estimate of drug-likeness (QED) is 0.184. The minimum absolute atomic E-state index is 0.419. The summed E-state index contributed by atoms with van der Waals surface area (Å²) in [5.41, 5.74) is 26.6. The normalized spacial score (nSPS) is 26.4. The van der Waals surface area contributed by atoms with E-state index >= 15 is 0 Å². The molecule has 4 aromatic heterocycles. The fourth-order valence-electron chi connectivity index (χ4n) is 12.5. The first kappa shape index (κ1) is 32.4. The molecule has 0 spiro atoms. The van der Waals surface area contributed by atoms with E-state index < -0.39 is 0 Å². The van der Waals surface area contributed by atoms with E-state index in [0.717, 1.165) is 48.5 Å². The van der Waals surface area contributed by atoms with Gasteiger partial charge < -0.3 is 15.0 Å². The van der Waals surface area contributed by atoms with Crippen molar-refractivity contribution in [2.45, 2.75) is 116 Å². The van der Waals surface area contributed by atoms with Gasteiger partial charge in [0.25, 0.3) is 0 Å². The molecule has 276 valence electrons. The molecular formula is C50H51N5. The van der Waals surface area contributed by atoms with Crippen molar-refractivity contribution in [2.24, 2.45) is 11.8 Å². The second-order valence-corrected chi connectivity index (χ2v) is 17.5. The second-order valence-electron chi connectivity index (χ2n) is 17.5. The average molecular weight is 722 g/mol. The number of nitrogens with one attached hydrogen (secondary N) is 3. The van der Waals surface area contributed by atoms with Crippen LogP contribution in [0.5, 0.6) is 0 Å². The van der Waals surface area contributed by atoms with Crippen molar-refractivity contribution >= 4 is 55.4 Å². The topological polar surface area (TPSA) is 73.2 Å². The van der Waals surface area contributed by atoms with Crippen LogP contribution in [0.4, 0.5) is 0 Å². The molecule has 5 nitrogen and oxygen atoms in total. The Morgan fingerprint density at radius 3 is 1.36 bits per heavy atom. The highest BCUT2D eigenvalue weighted by Crippen LogP contribution is 2.54. The molecule has 2 aliphatic heterocycles. The third-order valence-electron chi connectivity index (χ3n) is 14.9. The van der Waals surface area contributed by atoms with Gasteiger partial charge in [-0.05, 0) is 144 Å². The number of hydrogen-bond acceptors (Lipinski definition) is 2. The number of hydrogen-bond donors (Lipinski definition) is 3. The molecule has 0 saturated carbocycles. The summed E-state index contributed by atoms with van der Waals surface area (Å²) in [6.45, 7) is 9.25. The number of H-pyrrole nitrogens is 3. The van der Waals surface area contributed by atoms with Gasteiger partial charge in [0.05, 0.1) is 28.3 Å². The van der Waals surface area contributed by atoms with Crippen molar-refractivity contribution in [2.75, 3.05) is 0 Å². The van der Waals surface area contributed by atoms with Crippen LogP contribution in [-0.2, 0) is 12.8 Å². The monoisotopic (exact) mass is 721 g/mol. The molecule has 15 rings (SSSR count). The van der Waals surface area contributed by atoms with Crippen LogP contribution < -0.4 is 0 Å². The molecule has 0 radical (unpaired) electrons. The van der Waals surface area contributed by atoms with Gasteiger partial charge in [-0.1, -0.05) is 64.2 Å². The Bertz CT molecular complexity index is 2750. The zero-order chi connectivity index (χ0) is 36.7. The van der Waals surface area contributed by atoms with Crippen LogP contribution in [-0.4, -0.2) is 24.9 Å². The largest absolute Gasteiger partial charge is 0.355 e. The molecule has 5 heteroatoms. The van der Waals surface area contributed by atoms with E-state index in [1.807, 2.05) is 0 Å². The first-order valence-corrected chi connectivity index (χ1v) is 21.6. The van der Waals surface area contributed by atoms with E-state index in [2.05, 4.69) is 103 Å². The molecule has 6 unspecified atom stereocenters. The minimum Gasteiger partial charge on any atom is -0.355 e. The minimum atomic E-state index is 0.419. The third kappa shape index (κ3) is 4.41. The molecule has 16 bridgehead atoms. The molecule has 6 heterocycles. The van der Waals surface area contributed by atoms with E-state index in [-0.39, 0.29) is 0 Å². The second kappa shape index (κ2) is 11.8. The highest BCUT2D eigenvalue weighted by molar-refractivity contribution is 6.01. The van der Waals surface area contributed by atoms with Crippen molar-refractivity contribution < 1.29 is 0 Å². The summed E-state index contributed by atoms with van der Waals surface area (Å²) in [6.07, 6.45) is 26.1. The van der Waals surface area contributed by atoms with Crippen LogP contribution in [0.15, 0.2) is 60.7 Å². The Balaban J connectivity index is 1.26. The average Bonchev–Trinajstić information content (AvgIpc) is 4.05. The molecule has 0 fully saturated rings. The maximum absolute atomic E-state index is 5.62. The standard InChI is InChI=1S/C50H51N5/c1-5-31-33(7-3)49-50-34(8-4)32(6-2)36(55-50)22-38-44-26-11-15-28(16-12-26)46(44)40(52-38)24-42-48-30-19-17-29(18-20-30)47(48)41(53-42)23-39-45-27-13-9-25(10-14-27)43(45)37(51-39)21-35(31)54-49/h9,11,13,15,17,19,21-30,51,53-54H,5-8,10,12,14,16,18,20H2,1-4H3. The first-order valence-electron chi connectivity index (χ1n) is 21.6. The lowest BCUT2D eigenvalue weighted by Crippen LogP contribution is -2.18. The first-order chi connectivity index (χ1) is 27.0. The number of nitrogens with zero attached hydrogens (tertiary/aromatic N) is 2. The number of allylic oxidation sites excluding steroid dienone is 10. The van der Waals surface area contributed by atoms with Gasteiger partial charge in [0.15, 0.2) is 0 Å². The Labute approximate surface area is 323 Å². The Morgan fingerprint density at radius 2 is 0.891 bits per heavy atom. The van der Waals surface area contributed by atoms with Crippen molar-refractivity contribution in [3.63, 3.8) is 0 Å². The number of aromatic amines is 3. The summed E-state index contributed by atoms with van der Waals surface area (Å²) in [5.74, 6) is 2.65. The van der Waals surface area contributed by atoms with Gasteiger partial charge in [0.1, 0.15) is 0 Å². The highest BCUT2D eigenvalue weighted by atomic mass is 14.8. The zero-order valence-electron chi connectivity index (χ0n) is 32.7. The molecule has 0 aromatic carbocycles. The van der Waals surface area contributed by atoms with E-state index in [0.29, 0.717) is 35.5 Å². The van der Waals surface area contributed by atoms with Crippen LogP contribution in [0.2, 0.25) is 0 Å².